The van der Waals surface area contributed by atoms with Gasteiger partial charge in [0.15, 0.2) is 0 Å². The lowest BCUT2D eigenvalue weighted by atomic mass is 10.1. The summed E-state index contributed by atoms with van der Waals surface area (Å²) in [4.78, 5) is 3.92. The molecule has 0 saturated heterocycles. The first-order chi connectivity index (χ1) is 7.88. The van der Waals surface area contributed by atoms with Crippen molar-refractivity contribution in [2.24, 2.45) is 4.99 Å². The summed E-state index contributed by atoms with van der Waals surface area (Å²) in [5.74, 6) is 0. The fourth-order valence-electron chi connectivity index (χ4n) is 1.57. The quantitative estimate of drug-likeness (QED) is 0.568. The van der Waals surface area contributed by atoms with Gasteiger partial charge in [0.2, 0.25) is 0 Å². The average molecular weight is 225 g/mol. The maximum atomic E-state index is 4.56. The van der Waals surface area contributed by atoms with E-state index in [4.69, 9.17) is 0 Å². The van der Waals surface area contributed by atoms with E-state index in [2.05, 4.69) is 58.8 Å². The Balaban J connectivity index is 2.14. The van der Waals surface area contributed by atoms with Gasteiger partial charge >= 0.3 is 0 Å². The molecule has 2 rings (SSSR count). The van der Waals surface area contributed by atoms with Gasteiger partial charge in [0.25, 0.3) is 0 Å². The second-order valence-electron chi connectivity index (χ2n) is 3.53. The number of isothiocyanates is 1. The van der Waals surface area contributed by atoms with Crippen LogP contribution in [0.1, 0.15) is 11.1 Å². The van der Waals surface area contributed by atoms with E-state index in [1.165, 1.54) is 11.1 Å². The number of benzene rings is 2. The van der Waals surface area contributed by atoms with Gasteiger partial charge in [0.05, 0.1) is 10.8 Å². The van der Waals surface area contributed by atoms with Gasteiger partial charge in [-0.2, -0.15) is 4.99 Å². The smallest absolute Gasteiger partial charge is 0.0739 e. The number of aliphatic imine (C=N–C) groups is 1. The molecule has 0 heterocycles. The Morgan fingerprint density at radius 2 is 1.50 bits per heavy atom. The molecule has 0 aliphatic heterocycles. The van der Waals surface area contributed by atoms with Crippen molar-refractivity contribution in [3.8, 4) is 0 Å². The highest BCUT2D eigenvalue weighted by molar-refractivity contribution is 7.78. The van der Waals surface area contributed by atoms with Gasteiger partial charge in [0, 0.05) is 0 Å². The molecular formula is C14H11NS. The maximum Gasteiger partial charge on any atom is 0.0739 e. The lowest BCUT2D eigenvalue weighted by Gasteiger charge is -2.01. The molecule has 2 aromatic rings. The summed E-state index contributed by atoms with van der Waals surface area (Å²) in [7, 11) is 0. The molecule has 0 aliphatic carbocycles. The van der Waals surface area contributed by atoms with E-state index in [1.807, 2.05) is 18.2 Å². The molecule has 0 N–H and O–H groups in total. The Morgan fingerprint density at radius 3 is 2.12 bits per heavy atom. The Kier molecular flexibility index (Phi) is 3.60. The van der Waals surface area contributed by atoms with Crippen LogP contribution in [0.5, 0.6) is 0 Å². The molecule has 0 aromatic heterocycles. The number of hydrogen-bond donors (Lipinski definition) is 0. The molecule has 0 bridgehead atoms. The second-order valence-corrected chi connectivity index (χ2v) is 3.71. The van der Waals surface area contributed by atoms with Crippen molar-refractivity contribution in [2.45, 2.75) is 6.42 Å². The van der Waals surface area contributed by atoms with Gasteiger partial charge in [0.1, 0.15) is 0 Å². The van der Waals surface area contributed by atoms with Crippen molar-refractivity contribution in [1.29, 1.82) is 0 Å². The Labute approximate surface area is 100 Å². The van der Waals surface area contributed by atoms with Crippen LogP contribution in [0.4, 0.5) is 5.69 Å². The van der Waals surface area contributed by atoms with Gasteiger partial charge in [-0.05, 0) is 41.9 Å². The molecule has 16 heavy (non-hydrogen) atoms. The van der Waals surface area contributed by atoms with E-state index >= 15 is 0 Å². The van der Waals surface area contributed by atoms with Gasteiger partial charge in [-0.25, -0.2) is 0 Å². The first kappa shape index (κ1) is 10.7. The van der Waals surface area contributed by atoms with Crippen molar-refractivity contribution in [3.05, 3.63) is 65.7 Å². The minimum absolute atomic E-state index is 0.854. The lowest BCUT2D eigenvalue weighted by molar-refractivity contribution is 1.19. The molecule has 2 aromatic carbocycles. The number of nitrogens with zero attached hydrogens (tertiary/aromatic N) is 1. The molecule has 2 heteroatoms. The normalized spacial score (nSPS) is 9.50. The summed E-state index contributed by atoms with van der Waals surface area (Å²) in [5.41, 5.74) is 3.44. The SMILES string of the molecule is S=C=Nc1ccc(Cc2ccccc2)cc1. The van der Waals surface area contributed by atoms with E-state index in [0.717, 1.165) is 12.1 Å². The average Bonchev–Trinajstić information content (AvgIpc) is 2.33. The molecule has 0 saturated carbocycles. The zero-order chi connectivity index (χ0) is 11.2. The number of rotatable bonds is 3. The molecule has 0 fully saturated rings. The lowest BCUT2D eigenvalue weighted by Crippen LogP contribution is -1.86. The van der Waals surface area contributed by atoms with Crippen LogP contribution >= 0.6 is 12.2 Å². The fraction of sp³-hybridized carbons (Fsp3) is 0.0714. The molecule has 0 radical (unpaired) electrons. The van der Waals surface area contributed by atoms with E-state index in [1.54, 1.807) is 0 Å². The van der Waals surface area contributed by atoms with Gasteiger partial charge in [-0.15, -0.1) is 0 Å². The molecule has 78 valence electrons. The zero-order valence-corrected chi connectivity index (χ0v) is 9.58. The van der Waals surface area contributed by atoms with Crippen LogP contribution in [-0.2, 0) is 6.42 Å². The van der Waals surface area contributed by atoms with Gasteiger partial charge < -0.3 is 0 Å². The second kappa shape index (κ2) is 5.36. The van der Waals surface area contributed by atoms with Gasteiger partial charge in [-0.3, -0.25) is 0 Å². The predicted molar refractivity (Wildman–Crippen MR) is 70.4 cm³/mol. The van der Waals surface area contributed by atoms with Crippen molar-refractivity contribution >= 4 is 23.1 Å². The molecule has 1 nitrogen and oxygen atoms in total. The van der Waals surface area contributed by atoms with Gasteiger partial charge in [-0.1, -0.05) is 42.5 Å². The van der Waals surface area contributed by atoms with Crippen LogP contribution < -0.4 is 0 Å². The van der Waals surface area contributed by atoms with Crippen LogP contribution in [0.2, 0.25) is 0 Å². The van der Waals surface area contributed by atoms with Crippen LogP contribution in [-0.4, -0.2) is 5.16 Å². The van der Waals surface area contributed by atoms with Crippen molar-refractivity contribution < 1.29 is 0 Å². The third kappa shape index (κ3) is 2.86. The first-order valence-corrected chi connectivity index (χ1v) is 5.50. The monoisotopic (exact) mass is 225 g/mol. The molecule has 0 atom stereocenters. The first-order valence-electron chi connectivity index (χ1n) is 5.09. The summed E-state index contributed by atoms with van der Waals surface area (Å²) >= 11 is 4.56. The van der Waals surface area contributed by atoms with Crippen LogP contribution in [0.3, 0.4) is 0 Å². The molecule has 0 amide bonds. The standard InChI is InChI=1S/C14H11NS/c16-11-15-14-8-6-13(7-9-14)10-12-4-2-1-3-5-12/h1-9H,10H2. The third-order valence-corrected chi connectivity index (χ3v) is 2.45. The van der Waals surface area contributed by atoms with E-state index in [9.17, 15) is 0 Å². The fourth-order valence-corrected chi connectivity index (χ4v) is 1.68. The molecule has 0 aliphatic rings. The third-order valence-electron chi connectivity index (χ3n) is 2.36. The Morgan fingerprint density at radius 1 is 0.875 bits per heavy atom. The van der Waals surface area contributed by atoms with E-state index in [0.29, 0.717) is 0 Å². The zero-order valence-electron chi connectivity index (χ0n) is 8.76. The Bertz CT molecular complexity index is 496. The molecule has 0 unspecified atom stereocenters. The highest BCUT2D eigenvalue weighted by Gasteiger charge is 1.95. The maximum absolute atomic E-state index is 4.56. The summed E-state index contributed by atoms with van der Waals surface area (Å²) in [5, 5.41) is 2.36. The summed E-state index contributed by atoms with van der Waals surface area (Å²) < 4.78 is 0. The van der Waals surface area contributed by atoms with E-state index in [-0.39, 0.29) is 0 Å². The largest absolute Gasteiger partial charge is 0.195 e. The minimum atomic E-state index is 0.854. The highest BCUT2D eigenvalue weighted by atomic mass is 32.1. The minimum Gasteiger partial charge on any atom is -0.195 e. The molecular weight excluding hydrogens is 214 g/mol. The van der Waals surface area contributed by atoms with Crippen LogP contribution in [0.15, 0.2) is 59.6 Å². The van der Waals surface area contributed by atoms with Crippen LogP contribution in [0, 0.1) is 0 Å². The summed E-state index contributed by atoms with van der Waals surface area (Å²) in [6.07, 6.45) is 0.947. The molecule has 0 spiro atoms. The van der Waals surface area contributed by atoms with Crippen LogP contribution in [0.25, 0.3) is 0 Å². The van der Waals surface area contributed by atoms with Crippen molar-refractivity contribution in [3.63, 3.8) is 0 Å². The highest BCUT2D eigenvalue weighted by Crippen LogP contribution is 2.15. The number of thiocarbonyl (C=S) groups is 1. The number of hydrogen-bond acceptors (Lipinski definition) is 2. The summed E-state index contributed by atoms with van der Waals surface area (Å²) in [6, 6.07) is 18.4. The van der Waals surface area contributed by atoms with E-state index < -0.39 is 0 Å². The topological polar surface area (TPSA) is 12.4 Å². The Hall–Kier alpha value is -1.76. The van der Waals surface area contributed by atoms with Crippen molar-refractivity contribution in [1.82, 2.24) is 0 Å². The predicted octanol–water partition coefficient (Wildman–Crippen LogP) is 4.01. The van der Waals surface area contributed by atoms with Crippen molar-refractivity contribution in [2.75, 3.05) is 0 Å². The summed E-state index contributed by atoms with van der Waals surface area (Å²) in [6.45, 7) is 0.